The predicted molar refractivity (Wildman–Crippen MR) is 143 cm³/mol. The van der Waals surface area contributed by atoms with Crippen LogP contribution in [0.3, 0.4) is 0 Å². The van der Waals surface area contributed by atoms with Crippen LogP contribution in [0.5, 0.6) is 0 Å². The minimum absolute atomic E-state index is 0.0817. The fourth-order valence-corrected chi connectivity index (χ4v) is 5.88. The molecule has 2 aromatic carbocycles. The highest BCUT2D eigenvalue weighted by Gasteiger charge is 2.26. The number of sulfonamides is 1. The zero-order valence-electron chi connectivity index (χ0n) is 21.8. The second-order valence-electron chi connectivity index (χ2n) is 10.7. The molecule has 0 aliphatic carbocycles. The SMILES string of the molecule is CC(NS(=O)(=O)c1ccc(NC(=O)CO)cc1)c1ccc2c(c1)nc(C(C)(C)C)n2CC1CCOCC1. The van der Waals surface area contributed by atoms with Gasteiger partial charge in [-0.25, -0.2) is 18.1 Å². The van der Waals surface area contributed by atoms with Gasteiger partial charge < -0.3 is 19.7 Å². The molecule has 37 heavy (non-hydrogen) atoms. The Bertz CT molecular complexity index is 1350. The van der Waals surface area contributed by atoms with Crippen molar-refractivity contribution in [3.63, 3.8) is 0 Å². The first kappa shape index (κ1) is 27.3. The molecule has 1 saturated heterocycles. The molecular formula is C27H36N4O5S. The van der Waals surface area contributed by atoms with Gasteiger partial charge in [-0.3, -0.25) is 4.79 Å². The maximum absolute atomic E-state index is 13.0. The van der Waals surface area contributed by atoms with Crippen LogP contribution in [0, 0.1) is 5.92 Å². The number of hydrogen-bond donors (Lipinski definition) is 3. The average molecular weight is 529 g/mol. The van der Waals surface area contributed by atoms with Gasteiger partial charge in [-0.2, -0.15) is 0 Å². The summed E-state index contributed by atoms with van der Waals surface area (Å²) < 4.78 is 36.6. The van der Waals surface area contributed by atoms with Crippen molar-refractivity contribution in [3.05, 3.63) is 53.9 Å². The summed E-state index contributed by atoms with van der Waals surface area (Å²) in [5.74, 6) is 0.997. The highest BCUT2D eigenvalue weighted by atomic mass is 32.2. The first-order valence-corrected chi connectivity index (χ1v) is 14.1. The minimum atomic E-state index is -3.81. The van der Waals surface area contributed by atoms with E-state index in [0.29, 0.717) is 11.6 Å². The number of nitrogens with one attached hydrogen (secondary N) is 2. The number of imidazole rings is 1. The number of ether oxygens (including phenoxy) is 1. The van der Waals surface area contributed by atoms with Gasteiger partial charge in [0.2, 0.25) is 15.9 Å². The molecule has 9 nitrogen and oxygen atoms in total. The van der Waals surface area contributed by atoms with E-state index in [1.54, 1.807) is 6.92 Å². The van der Waals surface area contributed by atoms with Gasteiger partial charge in [0.1, 0.15) is 12.4 Å². The zero-order chi connectivity index (χ0) is 26.8. The summed E-state index contributed by atoms with van der Waals surface area (Å²) >= 11 is 0. The molecule has 1 amide bonds. The number of aliphatic hydroxyl groups excluding tert-OH is 1. The standard InChI is InChI=1S/C27H36N4O5S/c1-18(30-37(34,35)22-8-6-21(7-9-22)28-25(33)17-32)20-5-10-24-23(15-20)29-26(27(2,3)4)31(24)16-19-11-13-36-14-12-19/h5-10,15,18-19,30,32H,11-14,16-17H2,1-4H3,(H,28,33). The maximum atomic E-state index is 13.0. The van der Waals surface area contributed by atoms with Crippen LogP contribution in [0.1, 0.15) is 58.0 Å². The summed E-state index contributed by atoms with van der Waals surface area (Å²) in [6.45, 7) is 10.1. The number of anilines is 1. The number of amides is 1. The first-order chi connectivity index (χ1) is 17.5. The van der Waals surface area contributed by atoms with E-state index < -0.39 is 28.6 Å². The van der Waals surface area contributed by atoms with Crippen LogP contribution < -0.4 is 10.0 Å². The lowest BCUT2D eigenvalue weighted by Gasteiger charge is -2.26. The molecule has 0 radical (unpaired) electrons. The van der Waals surface area contributed by atoms with Crippen LogP contribution in [0.15, 0.2) is 47.4 Å². The Labute approximate surface area is 218 Å². The summed E-state index contributed by atoms with van der Waals surface area (Å²) in [5, 5.41) is 11.3. The Hall–Kier alpha value is -2.79. The van der Waals surface area contributed by atoms with E-state index in [1.165, 1.54) is 24.3 Å². The Morgan fingerprint density at radius 3 is 2.46 bits per heavy atom. The molecule has 0 spiro atoms. The molecule has 200 valence electrons. The van der Waals surface area contributed by atoms with E-state index in [0.717, 1.165) is 55.0 Å². The van der Waals surface area contributed by atoms with Gasteiger partial charge in [0, 0.05) is 36.9 Å². The number of rotatable bonds is 8. The molecule has 1 aliphatic heterocycles. The Kier molecular flexibility index (Phi) is 8.03. The van der Waals surface area contributed by atoms with Gasteiger partial charge in [-0.1, -0.05) is 26.8 Å². The third kappa shape index (κ3) is 6.38. The van der Waals surface area contributed by atoms with E-state index >= 15 is 0 Å². The average Bonchev–Trinajstić information content (AvgIpc) is 3.23. The normalized spacial score (nSPS) is 16.1. The fourth-order valence-electron chi connectivity index (χ4n) is 4.65. The molecule has 0 saturated carbocycles. The van der Waals surface area contributed by atoms with Crippen LogP contribution in [-0.2, 0) is 31.5 Å². The largest absolute Gasteiger partial charge is 0.387 e. The number of benzene rings is 2. The van der Waals surface area contributed by atoms with Gasteiger partial charge in [0.25, 0.3) is 0 Å². The quantitative estimate of drug-likeness (QED) is 0.410. The van der Waals surface area contributed by atoms with E-state index in [1.807, 2.05) is 18.2 Å². The summed E-state index contributed by atoms with van der Waals surface area (Å²) in [5.41, 5.74) is 2.99. The first-order valence-electron chi connectivity index (χ1n) is 12.6. The van der Waals surface area contributed by atoms with Crippen molar-refractivity contribution < 1.29 is 23.1 Å². The second kappa shape index (κ2) is 10.9. The van der Waals surface area contributed by atoms with Gasteiger partial charge >= 0.3 is 0 Å². The van der Waals surface area contributed by atoms with Crippen LogP contribution in [0.2, 0.25) is 0 Å². The number of carbonyl (C=O) groups excluding carboxylic acids is 1. The van der Waals surface area contributed by atoms with E-state index in [2.05, 4.69) is 35.4 Å². The summed E-state index contributed by atoms with van der Waals surface area (Å²) in [4.78, 5) is 16.4. The van der Waals surface area contributed by atoms with E-state index in [-0.39, 0.29) is 10.3 Å². The summed E-state index contributed by atoms with van der Waals surface area (Å²) in [6, 6.07) is 11.3. The molecule has 1 atom stereocenters. The van der Waals surface area contributed by atoms with Crippen LogP contribution in [0.25, 0.3) is 11.0 Å². The summed E-state index contributed by atoms with van der Waals surface area (Å²) in [7, 11) is -3.81. The maximum Gasteiger partial charge on any atom is 0.250 e. The molecule has 0 bridgehead atoms. The molecule has 1 aromatic heterocycles. The smallest absolute Gasteiger partial charge is 0.250 e. The second-order valence-corrected chi connectivity index (χ2v) is 12.4. The molecule has 1 aliphatic rings. The predicted octanol–water partition coefficient (Wildman–Crippen LogP) is 3.73. The monoisotopic (exact) mass is 528 g/mol. The van der Waals surface area contributed by atoms with Crippen LogP contribution >= 0.6 is 0 Å². The van der Waals surface area contributed by atoms with Crippen molar-refractivity contribution in [3.8, 4) is 0 Å². The Morgan fingerprint density at radius 2 is 1.84 bits per heavy atom. The van der Waals surface area contributed by atoms with Gasteiger partial charge in [-0.05, 0) is 67.6 Å². The van der Waals surface area contributed by atoms with Gasteiger partial charge in [-0.15, -0.1) is 0 Å². The summed E-state index contributed by atoms with van der Waals surface area (Å²) in [6.07, 6.45) is 2.07. The topological polar surface area (TPSA) is 123 Å². The molecular weight excluding hydrogens is 492 g/mol. The molecule has 1 unspecified atom stereocenters. The third-order valence-corrected chi connectivity index (χ3v) is 8.21. The van der Waals surface area contributed by atoms with Gasteiger partial charge in [0.15, 0.2) is 0 Å². The molecule has 10 heteroatoms. The van der Waals surface area contributed by atoms with Gasteiger partial charge in [0.05, 0.1) is 15.9 Å². The zero-order valence-corrected chi connectivity index (χ0v) is 22.6. The number of aliphatic hydroxyl groups is 1. The molecule has 1 fully saturated rings. The van der Waals surface area contributed by atoms with Crippen LogP contribution in [0.4, 0.5) is 5.69 Å². The van der Waals surface area contributed by atoms with Crippen molar-refractivity contribution in [2.75, 3.05) is 25.1 Å². The highest BCUT2D eigenvalue weighted by Crippen LogP contribution is 2.31. The number of carbonyl (C=O) groups is 1. The Morgan fingerprint density at radius 1 is 1.16 bits per heavy atom. The molecule has 3 N–H and O–H groups in total. The van der Waals surface area contributed by atoms with E-state index in [4.69, 9.17) is 14.8 Å². The molecule has 3 aromatic rings. The van der Waals surface area contributed by atoms with Crippen molar-refractivity contribution in [1.29, 1.82) is 0 Å². The number of aromatic nitrogens is 2. The molecule has 4 rings (SSSR count). The lowest BCUT2D eigenvalue weighted by Crippen LogP contribution is -2.27. The number of fused-ring (bicyclic) bond motifs is 1. The van der Waals surface area contributed by atoms with Crippen molar-refractivity contribution in [2.45, 2.75) is 63.4 Å². The van der Waals surface area contributed by atoms with Crippen molar-refractivity contribution in [1.82, 2.24) is 14.3 Å². The molecule has 2 heterocycles. The minimum Gasteiger partial charge on any atom is -0.387 e. The lowest BCUT2D eigenvalue weighted by atomic mass is 9.94. The third-order valence-electron chi connectivity index (χ3n) is 6.65. The van der Waals surface area contributed by atoms with Crippen molar-refractivity contribution >= 4 is 32.7 Å². The fraction of sp³-hybridized carbons (Fsp3) is 0.481. The Balaban J connectivity index is 1.56. The van der Waals surface area contributed by atoms with Crippen LogP contribution in [-0.4, -0.2) is 48.8 Å². The number of nitrogens with zero attached hydrogens (tertiary/aromatic N) is 2. The highest BCUT2D eigenvalue weighted by molar-refractivity contribution is 7.89. The lowest BCUT2D eigenvalue weighted by molar-refractivity contribution is -0.118. The van der Waals surface area contributed by atoms with E-state index in [9.17, 15) is 13.2 Å². The van der Waals surface area contributed by atoms with Crippen molar-refractivity contribution in [2.24, 2.45) is 5.92 Å². The number of hydrogen-bond acceptors (Lipinski definition) is 6.